The minimum absolute atomic E-state index is 0.129. The summed E-state index contributed by atoms with van der Waals surface area (Å²) in [6.07, 6.45) is 0.129. The lowest BCUT2D eigenvalue weighted by molar-refractivity contribution is -0.121. The molecule has 2 aromatic carbocycles. The average Bonchev–Trinajstić information content (AvgIpc) is 3.14. The number of fused-ring (bicyclic) bond motifs is 1. The van der Waals surface area contributed by atoms with Gasteiger partial charge in [-0.1, -0.05) is 18.2 Å². The van der Waals surface area contributed by atoms with Crippen molar-refractivity contribution in [3.63, 3.8) is 0 Å². The first-order valence-corrected chi connectivity index (χ1v) is 8.51. The van der Waals surface area contributed by atoms with Gasteiger partial charge in [0.05, 0.1) is 11.3 Å². The molecule has 0 spiro atoms. The fraction of sp³-hybridized carbons (Fsp3) is 0.250. The molecule has 0 bridgehead atoms. The first-order chi connectivity index (χ1) is 13.1. The number of nitriles is 1. The van der Waals surface area contributed by atoms with Gasteiger partial charge in [0.15, 0.2) is 11.5 Å². The van der Waals surface area contributed by atoms with E-state index in [1.54, 1.807) is 30.3 Å². The first-order valence-electron chi connectivity index (χ1n) is 8.51. The lowest BCUT2D eigenvalue weighted by atomic mass is 10.1. The zero-order valence-corrected chi connectivity index (χ0v) is 14.9. The molecule has 0 unspecified atom stereocenters. The SMILES string of the molecule is CC(=O)N(CCC(=O)NCc1ccc2c(c1)OCO2)c1ccccc1C#N. The topological polar surface area (TPSA) is 91.7 Å². The third-order valence-electron chi connectivity index (χ3n) is 4.18. The van der Waals surface area contributed by atoms with Crippen molar-refractivity contribution in [3.05, 3.63) is 53.6 Å². The van der Waals surface area contributed by atoms with Crippen molar-refractivity contribution >= 4 is 17.5 Å². The van der Waals surface area contributed by atoms with E-state index in [4.69, 9.17) is 9.47 Å². The summed E-state index contributed by atoms with van der Waals surface area (Å²) in [6, 6.07) is 14.4. The van der Waals surface area contributed by atoms with Gasteiger partial charge >= 0.3 is 0 Å². The maximum absolute atomic E-state index is 12.2. The molecule has 1 aliphatic rings. The van der Waals surface area contributed by atoms with Crippen LogP contribution in [0.4, 0.5) is 5.69 Å². The van der Waals surface area contributed by atoms with Crippen LogP contribution in [0.5, 0.6) is 11.5 Å². The number of para-hydroxylation sites is 1. The van der Waals surface area contributed by atoms with E-state index >= 15 is 0 Å². The molecule has 0 aromatic heterocycles. The zero-order valence-electron chi connectivity index (χ0n) is 14.9. The number of nitrogens with one attached hydrogen (secondary N) is 1. The number of amides is 2. The Balaban J connectivity index is 1.57. The maximum atomic E-state index is 12.2. The number of ether oxygens (including phenoxy) is 2. The molecule has 27 heavy (non-hydrogen) atoms. The fourth-order valence-electron chi connectivity index (χ4n) is 2.80. The third-order valence-corrected chi connectivity index (χ3v) is 4.18. The van der Waals surface area contributed by atoms with Crippen LogP contribution < -0.4 is 19.7 Å². The number of benzene rings is 2. The Morgan fingerprint density at radius 1 is 1.19 bits per heavy atom. The summed E-state index contributed by atoms with van der Waals surface area (Å²) in [4.78, 5) is 25.6. The van der Waals surface area contributed by atoms with E-state index in [0.717, 1.165) is 5.56 Å². The molecule has 3 rings (SSSR count). The summed E-state index contributed by atoms with van der Waals surface area (Å²) in [6.45, 7) is 2.17. The van der Waals surface area contributed by atoms with E-state index in [9.17, 15) is 14.9 Å². The molecule has 1 aliphatic heterocycles. The summed E-state index contributed by atoms with van der Waals surface area (Å²) in [7, 11) is 0. The number of nitrogens with zero attached hydrogens (tertiary/aromatic N) is 2. The summed E-state index contributed by atoms with van der Waals surface area (Å²) >= 11 is 0. The van der Waals surface area contributed by atoms with Crippen LogP contribution in [0.2, 0.25) is 0 Å². The summed E-state index contributed by atoms with van der Waals surface area (Å²) in [5.41, 5.74) is 1.80. The normalized spacial score (nSPS) is 11.6. The first kappa shape index (κ1) is 18.3. The van der Waals surface area contributed by atoms with E-state index in [-0.39, 0.29) is 31.6 Å². The molecular formula is C20H19N3O4. The molecule has 7 heteroatoms. The van der Waals surface area contributed by atoms with E-state index in [2.05, 4.69) is 11.4 Å². The van der Waals surface area contributed by atoms with E-state index < -0.39 is 0 Å². The molecule has 0 radical (unpaired) electrons. The number of hydrogen-bond donors (Lipinski definition) is 1. The monoisotopic (exact) mass is 365 g/mol. The predicted molar refractivity (Wildman–Crippen MR) is 98.2 cm³/mol. The van der Waals surface area contributed by atoms with Crippen molar-refractivity contribution in [2.75, 3.05) is 18.2 Å². The molecule has 1 heterocycles. The molecule has 1 N–H and O–H groups in total. The number of carbonyl (C=O) groups excluding carboxylic acids is 2. The molecule has 0 atom stereocenters. The van der Waals surface area contributed by atoms with Crippen molar-refractivity contribution in [2.24, 2.45) is 0 Å². The lowest BCUT2D eigenvalue weighted by Crippen LogP contribution is -2.34. The third kappa shape index (κ3) is 4.36. The van der Waals surface area contributed by atoms with Crippen LogP contribution in [0.3, 0.4) is 0 Å². The van der Waals surface area contributed by atoms with Crippen molar-refractivity contribution in [1.82, 2.24) is 5.32 Å². The van der Waals surface area contributed by atoms with Gasteiger partial charge in [-0.15, -0.1) is 0 Å². The maximum Gasteiger partial charge on any atom is 0.231 e. The minimum atomic E-state index is -0.221. The highest BCUT2D eigenvalue weighted by atomic mass is 16.7. The average molecular weight is 365 g/mol. The lowest BCUT2D eigenvalue weighted by Gasteiger charge is -2.22. The van der Waals surface area contributed by atoms with Crippen LogP contribution in [-0.4, -0.2) is 25.2 Å². The van der Waals surface area contributed by atoms with Gasteiger partial charge in [0, 0.05) is 26.4 Å². The van der Waals surface area contributed by atoms with Crippen LogP contribution in [0.25, 0.3) is 0 Å². The molecule has 0 saturated carbocycles. The van der Waals surface area contributed by atoms with Crippen molar-refractivity contribution in [2.45, 2.75) is 19.9 Å². The Morgan fingerprint density at radius 2 is 1.96 bits per heavy atom. The molecule has 0 saturated heterocycles. The number of rotatable bonds is 6. The van der Waals surface area contributed by atoms with E-state index in [1.165, 1.54) is 11.8 Å². The van der Waals surface area contributed by atoms with Crippen molar-refractivity contribution < 1.29 is 19.1 Å². The quantitative estimate of drug-likeness (QED) is 0.848. The Hall–Kier alpha value is -3.53. The van der Waals surface area contributed by atoms with Crippen LogP contribution >= 0.6 is 0 Å². The van der Waals surface area contributed by atoms with E-state index in [0.29, 0.717) is 29.3 Å². The van der Waals surface area contributed by atoms with Crippen molar-refractivity contribution in [3.8, 4) is 17.6 Å². The number of anilines is 1. The molecule has 2 aromatic rings. The standard InChI is InChI=1S/C20H19N3O4/c1-14(24)23(17-5-3-2-4-16(17)11-21)9-8-20(25)22-12-15-6-7-18-19(10-15)27-13-26-18/h2-7,10H,8-9,12-13H2,1H3,(H,22,25). The Morgan fingerprint density at radius 3 is 2.74 bits per heavy atom. The minimum Gasteiger partial charge on any atom is -0.454 e. The van der Waals surface area contributed by atoms with Gasteiger partial charge in [-0.2, -0.15) is 5.26 Å². The number of hydrogen-bond acceptors (Lipinski definition) is 5. The molecule has 7 nitrogen and oxygen atoms in total. The van der Waals surface area contributed by atoms with Crippen LogP contribution in [0.1, 0.15) is 24.5 Å². The highest BCUT2D eigenvalue weighted by Crippen LogP contribution is 2.32. The Kier molecular flexibility index (Phi) is 5.57. The summed E-state index contributed by atoms with van der Waals surface area (Å²) < 4.78 is 10.6. The van der Waals surface area contributed by atoms with Gasteiger partial charge in [0.1, 0.15) is 6.07 Å². The summed E-state index contributed by atoms with van der Waals surface area (Å²) in [5, 5.41) is 12.0. The highest BCUT2D eigenvalue weighted by molar-refractivity contribution is 5.93. The molecule has 0 fully saturated rings. The van der Waals surface area contributed by atoms with Gasteiger partial charge in [0.2, 0.25) is 18.6 Å². The van der Waals surface area contributed by atoms with E-state index in [1.807, 2.05) is 12.1 Å². The second-order valence-electron chi connectivity index (χ2n) is 6.01. The van der Waals surface area contributed by atoms with Crippen LogP contribution in [0.15, 0.2) is 42.5 Å². The second kappa shape index (κ2) is 8.23. The van der Waals surface area contributed by atoms with Crippen molar-refractivity contribution in [1.29, 1.82) is 5.26 Å². The number of carbonyl (C=O) groups is 2. The van der Waals surface area contributed by atoms with Crippen LogP contribution in [-0.2, 0) is 16.1 Å². The molecular weight excluding hydrogens is 346 g/mol. The predicted octanol–water partition coefficient (Wildman–Crippen LogP) is 2.35. The van der Waals surface area contributed by atoms with Gasteiger partial charge < -0.3 is 19.7 Å². The Bertz CT molecular complexity index is 904. The van der Waals surface area contributed by atoms with Crippen LogP contribution in [0, 0.1) is 11.3 Å². The largest absolute Gasteiger partial charge is 0.454 e. The summed E-state index contributed by atoms with van der Waals surface area (Å²) in [5.74, 6) is 0.950. The second-order valence-corrected chi connectivity index (χ2v) is 6.01. The molecule has 138 valence electrons. The van der Waals surface area contributed by atoms with Gasteiger partial charge in [-0.05, 0) is 29.8 Å². The fourth-order valence-corrected chi connectivity index (χ4v) is 2.80. The highest BCUT2D eigenvalue weighted by Gasteiger charge is 2.17. The van der Waals surface area contributed by atoms with Gasteiger partial charge in [-0.25, -0.2) is 0 Å². The Labute approximate surface area is 157 Å². The van der Waals surface area contributed by atoms with Gasteiger partial charge in [0.25, 0.3) is 0 Å². The smallest absolute Gasteiger partial charge is 0.231 e. The molecule has 2 amide bonds. The van der Waals surface area contributed by atoms with Gasteiger partial charge in [-0.3, -0.25) is 9.59 Å². The molecule has 0 aliphatic carbocycles. The zero-order chi connectivity index (χ0) is 19.2.